The molecule has 4 aromatic rings. The molecule has 0 aliphatic carbocycles. The molecule has 5 N–H and O–H groups in total. The number of pyridine rings is 1. The van der Waals surface area contributed by atoms with Crippen molar-refractivity contribution in [3.05, 3.63) is 71.2 Å². The molecule has 2 aliphatic heterocycles. The van der Waals surface area contributed by atoms with Crippen LogP contribution in [0.2, 0.25) is 0 Å². The zero-order chi connectivity index (χ0) is 41.0. The molecule has 2 aromatic carbocycles. The number of ether oxygens (including phenoxy) is 4. The smallest absolute Gasteiger partial charge is 0.312 e. The average molecular weight is 772 g/mol. The van der Waals surface area contributed by atoms with Gasteiger partial charge in [-0.1, -0.05) is 39.0 Å². The number of allylic oxidation sites excluding steroid dienone is 2. The maximum atomic E-state index is 14.5. The fourth-order valence-electron chi connectivity index (χ4n) is 7.59. The minimum absolute atomic E-state index is 0.0200. The lowest BCUT2D eigenvalue weighted by atomic mass is 9.81. The lowest BCUT2D eigenvalue weighted by molar-refractivity contribution is -0.155. The first-order chi connectivity index (χ1) is 26.4. The minimum atomic E-state index is -1.95. The number of carbonyl (C=O) groups is 3. The van der Waals surface area contributed by atoms with Crippen LogP contribution in [-0.4, -0.2) is 84.8 Å². The number of aliphatic hydroxyl groups is 2. The summed E-state index contributed by atoms with van der Waals surface area (Å²) in [6.45, 7) is 12.9. The van der Waals surface area contributed by atoms with E-state index < -0.39 is 71.4 Å². The van der Waals surface area contributed by atoms with Crippen molar-refractivity contribution in [2.75, 3.05) is 12.4 Å². The summed E-state index contributed by atoms with van der Waals surface area (Å²) in [6, 6.07) is 3.64. The van der Waals surface area contributed by atoms with Crippen molar-refractivity contribution in [3.63, 3.8) is 0 Å². The van der Waals surface area contributed by atoms with Gasteiger partial charge in [0.25, 0.3) is 11.7 Å². The zero-order valence-corrected chi connectivity index (χ0v) is 32.9. The van der Waals surface area contributed by atoms with Crippen molar-refractivity contribution in [1.29, 1.82) is 0 Å². The number of aryl methyl sites for hydroxylation is 1. The molecular weight excluding hydrogens is 722 g/mol. The van der Waals surface area contributed by atoms with E-state index in [0.717, 1.165) is 5.56 Å². The van der Waals surface area contributed by atoms with E-state index in [-0.39, 0.29) is 62.1 Å². The van der Waals surface area contributed by atoms with E-state index in [1.54, 1.807) is 62.6 Å². The van der Waals surface area contributed by atoms with Gasteiger partial charge in [-0.25, -0.2) is 4.98 Å². The number of esters is 1. The van der Waals surface area contributed by atoms with Crippen LogP contribution >= 0.6 is 0 Å². The predicted octanol–water partition coefficient (Wildman–Crippen LogP) is 5.91. The number of phenolic OH excluding ortho intramolecular Hbond substituents is 2. The van der Waals surface area contributed by atoms with Crippen molar-refractivity contribution in [2.45, 2.75) is 92.0 Å². The number of nitrogens with one attached hydrogen (secondary N) is 1. The molecule has 14 heteroatoms. The number of imidazole rings is 1. The van der Waals surface area contributed by atoms with E-state index in [9.17, 15) is 34.8 Å². The van der Waals surface area contributed by atoms with E-state index in [1.165, 1.54) is 40.2 Å². The second-order valence-corrected chi connectivity index (χ2v) is 15.1. The van der Waals surface area contributed by atoms with Crippen LogP contribution in [0.3, 0.4) is 0 Å². The maximum Gasteiger partial charge on any atom is 0.312 e. The summed E-state index contributed by atoms with van der Waals surface area (Å²) in [5, 5.41) is 49.1. The third-order valence-electron chi connectivity index (χ3n) is 11.1. The van der Waals surface area contributed by atoms with Gasteiger partial charge in [0.1, 0.15) is 40.0 Å². The van der Waals surface area contributed by atoms with Gasteiger partial charge in [-0.2, -0.15) is 0 Å². The Labute approximate surface area is 324 Å². The number of nitrogens with zero attached hydrogens (tertiary/aromatic N) is 2. The minimum Gasteiger partial charge on any atom is -0.507 e. The number of ketones is 1. The van der Waals surface area contributed by atoms with E-state index in [2.05, 4.69) is 5.32 Å². The van der Waals surface area contributed by atoms with E-state index >= 15 is 0 Å². The number of anilines is 1. The Morgan fingerprint density at radius 1 is 1.04 bits per heavy atom. The number of rotatable bonds is 2. The Morgan fingerprint density at radius 3 is 2.43 bits per heavy atom. The molecule has 298 valence electrons. The molecule has 0 unspecified atom stereocenters. The number of hydrogen-bond donors (Lipinski definition) is 5. The lowest BCUT2D eigenvalue weighted by Gasteiger charge is -2.35. The van der Waals surface area contributed by atoms with Gasteiger partial charge < -0.3 is 44.7 Å². The average Bonchev–Trinajstić information content (AvgIpc) is 3.65. The molecule has 6 rings (SSSR count). The van der Waals surface area contributed by atoms with Gasteiger partial charge in [0, 0.05) is 67.9 Å². The van der Waals surface area contributed by atoms with Gasteiger partial charge >= 0.3 is 11.8 Å². The van der Waals surface area contributed by atoms with Crippen LogP contribution in [0, 0.1) is 31.6 Å². The largest absolute Gasteiger partial charge is 0.507 e. The van der Waals surface area contributed by atoms with Crippen LogP contribution in [0.15, 0.2) is 54.5 Å². The topological polar surface area (TPSA) is 198 Å². The molecule has 1 amide bonds. The fourth-order valence-corrected chi connectivity index (χ4v) is 7.59. The fraction of sp³-hybridized carbons (Fsp3) is 0.429. The first-order valence-electron chi connectivity index (χ1n) is 18.5. The van der Waals surface area contributed by atoms with Crippen molar-refractivity contribution < 1.29 is 53.8 Å². The highest BCUT2D eigenvalue weighted by Gasteiger charge is 2.49. The predicted molar refractivity (Wildman–Crippen MR) is 209 cm³/mol. The summed E-state index contributed by atoms with van der Waals surface area (Å²) in [7, 11) is 1.45. The van der Waals surface area contributed by atoms with Gasteiger partial charge in [-0.05, 0) is 44.5 Å². The molecule has 4 bridgehead atoms. The Bertz CT molecular complexity index is 2340. The number of aromatic nitrogens is 2. The lowest BCUT2D eigenvalue weighted by Crippen LogP contribution is -2.43. The summed E-state index contributed by atoms with van der Waals surface area (Å²) in [6.07, 6.45) is 5.77. The standard InChI is InChI=1S/C42H49N3O11/c1-19-13-15-45-28(17-19)43-32-29-30-37(49)24(6)39-31(29)40(51)42(8,56-39)54-16-14-26(53-9)18-27(55-25(7)46)22(4)36(48)23(5)35(47)20(2)11-10-12-21(3)41(52)44-33(34(32)45)38(30)50/h10-17,20,22-23,26-27,35-36,47-50H,18H2,1-9H3,(H,44,52)/b11-10+,16-14+,21-12-/t20-,22-,23+,26-,27+,35-,36-,42-/m0/s1. The molecule has 2 aliphatic rings. The van der Waals surface area contributed by atoms with Crippen LogP contribution in [0.25, 0.3) is 27.5 Å². The molecule has 2 aromatic heterocycles. The van der Waals surface area contributed by atoms with Gasteiger partial charge in [0.15, 0.2) is 5.75 Å². The highest BCUT2D eigenvalue weighted by molar-refractivity contribution is 6.28. The number of aromatic hydroxyl groups is 2. The van der Waals surface area contributed by atoms with Crippen LogP contribution < -0.4 is 10.1 Å². The summed E-state index contributed by atoms with van der Waals surface area (Å²) >= 11 is 0. The van der Waals surface area contributed by atoms with Crippen LogP contribution in [-0.2, 0) is 23.8 Å². The summed E-state index contributed by atoms with van der Waals surface area (Å²) < 4.78 is 25.2. The Balaban J connectivity index is 1.56. The number of fused-ring (bicyclic) bond motifs is 2. The Morgan fingerprint density at radius 2 is 1.75 bits per heavy atom. The maximum absolute atomic E-state index is 14.5. The van der Waals surface area contributed by atoms with Crippen molar-refractivity contribution in [3.8, 4) is 17.2 Å². The normalized spacial score (nSPS) is 29.8. The van der Waals surface area contributed by atoms with Crippen LogP contribution in [0.5, 0.6) is 17.2 Å². The molecule has 56 heavy (non-hydrogen) atoms. The van der Waals surface area contributed by atoms with Gasteiger partial charge in [0.2, 0.25) is 0 Å². The third kappa shape index (κ3) is 6.97. The number of Topliss-reactive ketones (excluding diaryl/α,β-unsaturated/α-hetero) is 1. The van der Waals surface area contributed by atoms with Gasteiger partial charge in [-0.3, -0.25) is 18.8 Å². The number of aliphatic hydroxyl groups excluding tert-OH is 2. The first-order valence-corrected chi connectivity index (χ1v) is 18.5. The SMILES string of the molecule is CO[C@H]1/C=C/O[C@@]2(C)Oc3c(C)c(O)c4c(O)c(c5c(nc6cc(C)ccn65)c4c3C2=O)NC(=O)/C(C)=C\C=C\[C@H](C)[C@H](O)[C@@H](C)[C@@H](O)[C@@H](C)[C@H](OC(C)=O)C1. The summed E-state index contributed by atoms with van der Waals surface area (Å²) in [5.41, 5.74) is 2.19. The molecular formula is C42H49N3O11. The molecule has 0 radical (unpaired) electrons. The Hall–Kier alpha value is -5.44. The van der Waals surface area contributed by atoms with E-state index in [0.29, 0.717) is 5.65 Å². The first kappa shape index (κ1) is 40.2. The number of benzene rings is 2. The monoisotopic (exact) mass is 771 g/mol. The van der Waals surface area contributed by atoms with E-state index in [1.807, 2.05) is 13.0 Å². The Kier molecular flexibility index (Phi) is 11.0. The molecule has 8 atom stereocenters. The highest BCUT2D eigenvalue weighted by Crippen LogP contribution is 2.54. The van der Waals surface area contributed by atoms with Crippen LogP contribution in [0.4, 0.5) is 5.69 Å². The van der Waals surface area contributed by atoms with Crippen molar-refractivity contribution in [2.24, 2.45) is 17.8 Å². The second kappa shape index (κ2) is 15.2. The molecule has 0 spiro atoms. The quantitative estimate of drug-likeness (QED) is 0.119. The number of hydrogen-bond acceptors (Lipinski definition) is 12. The van der Waals surface area contributed by atoms with Crippen molar-refractivity contribution >= 4 is 50.8 Å². The number of carbonyl (C=O) groups excluding carboxylic acids is 3. The summed E-state index contributed by atoms with van der Waals surface area (Å²) in [5.74, 6) is -6.33. The summed E-state index contributed by atoms with van der Waals surface area (Å²) in [4.78, 5) is 45.3. The third-order valence-corrected chi connectivity index (χ3v) is 11.1. The number of methoxy groups -OCH3 is 1. The van der Waals surface area contributed by atoms with Crippen LogP contribution in [0.1, 0.15) is 69.4 Å². The molecule has 0 saturated carbocycles. The molecule has 14 nitrogen and oxygen atoms in total. The number of phenols is 2. The zero-order valence-electron chi connectivity index (χ0n) is 32.9. The number of amides is 1. The second-order valence-electron chi connectivity index (χ2n) is 15.1. The van der Waals surface area contributed by atoms with E-state index in [4.69, 9.17) is 23.9 Å². The van der Waals surface area contributed by atoms with Gasteiger partial charge in [0.05, 0.1) is 35.5 Å². The molecule has 0 saturated heterocycles. The van der Waals surface area contributed by atoms with Crippen molar-refractivity contribution in [1.82, 2.24) is 9.38 Å². The van der Waals surface area contributed by atoms with Gasteiger partial charge in [-0.15, -0.1) is 0 Å². The highest BCUT2D eigenvalue weighted by atomic mass is 16.7. The molecule has 0 fully saturated rings. The molecule has 4 heterocycles.